The summed E-state index contributed by atoms with van der Waals surface area (Å²) in [5, 5.41) is 9.60. The van der Waals surface area contributed by atoms with E-state index in [1.807, 2.05) is 66.4 Å². The molecule has 0 saturated carbocycles. The van der Waals surface area contributed by atoms with Gasteiger partial charge in [-0.3, -0.25) is 9.69 Å². The van der Waals surface area contributed by atoms with Crippen LogP contribution < -0.4 is 9.47 Å². The maximum absolute atomic E-state index is 12.6. The SMILES string of the molecule is CCOc1ccccc1OCCCC(=O)N1CCN(C(C#N)c2ccccc2)CC1. The van der Waals surface area contributed by atoms with E-state index in [0.717, 1.165) is 11.3 Å². The smallest absolute Gasteiger partial charge is 0.222 e. The van der Waals surface area contributed by atoms with E-state index in [4.69, 9.17) is 9.47 Å². The average molecular weight is 408 g/mol. The number of hydrogen-bond donors (Lipinski definition) is 0. The summed E-state index contributed by atoms with van der Waals surface area (Å²) in [6, 6.07) is 19.5. The molecule has 0 spiro atoms. The van der Waals surface area contributed by atoms with E-state index in [2.05, 4.69) is 11.0 Å². The summed E-state index contributed by atoms with van der Waals surface area (Å²) in [7, 11) is 0. The maximum atomic E-state index is 12.6. The van der Waals surface area contributed by atoms with Crippen LogP contribution in [0.1, 0.15) is 31.4 Å². The molecule has 1 atom stereocenters. The minimum absolute atomic E-state index is 0.143. The number of carbonyl (C=O) groups is 1. The normalized spacial score (nSPS) is 15.3. The zero-order valence-corrected chi connectivity index (χ0v) is 17.5. The van der Waals surface area contributed by atoms with Crippen LogP contribution in [0.15, 0.2) is 54.6 Å². The first-order valence-electron chi connectivity index (χ1n) is 10.5. The lowest BCUT2D eigenvalue weighted by atomic mass is 10.1. The minimum Gasteiger partial charge on any atom is -0.490 e. The molecule has 6 nitrogen and oxygen atoms in total. The molecule has 0 bridgehead atoms. The third-order valence-corrected chi connectivity index (χ3v) is 5.21. The van der Waals surface area contributed by atoms with Gasteiger partial charge in [-0.25, -0.2) is 0 Å². The first kappa shape index (κ1) is 21.7. The third-order valence-electron chi connectivity index (χ3n) is 5.21. The molecule has 2 aromatic rings. The van der Waals surface area contributed by atoms with E-state index >= 15 is 0 Å². The Labute approximate surface area is 178 Å². The van der Waals surface area contributed by atoms with Crippen LogP contribution >= 0.6 is 0 Å². The van der Waals surface area contributed by atoms with Gasteiger partial charge >= 0.3 is 0 Å². The standard InChI is InChI=1S/C24H29N3O3/c1-2-29-22-11-6-7-12-23(22)30-18-8-13-24(28)27-16-14-26(15-17-27)21(19-25)20-9-4-3-5-10-20/h3-7,9-12,21H,2,8,13-18H2,1H3. The Kier molecular flexibility index (Phi) is 8.10. The molecule has 2 aromatic carbocycles. The van der Waals surface area contributed by atoms with Crippen molar-refractivity contribution in [2.24, 2.45) is 0 Å². The van der Waals surface area contributed by atoms with E-state index in [9.17, 15) is 10.1 Å². The molecule has 158 valence electrons. The van der Waals surface area contributed by atoms with Crippen molar-refractivity contribution >= 4 is 5.91 Å². The highest BCUT2D eigenvalue weighted by Crippen LogP contribution is 2.26. The van der Waals surface area contributed by atoms with Gasteiger partial charge in [0.25, 0.3) is 0 Å². The van der Waals surface area contributed by atoms with Crippen molar-refractivity contribution in [1.29, 1.82) is 5.26 Å². The molecule has 0 radical (unpaired) electrons. The zero-order valence-electron chi connectivity index (χ0n) is 17.5. The number of nitrogens with zero attached hydrogens (tertiary/aromatic N) is 3. The number of carbonyl (C=O) groups excluding carboxylic acids is 1. The number of nitriles is 1. The largest absolute Gasteiger partial charge is 0.490 e. The van der Waals surface area contributed by atoms with Crippen LogP contribution in [0.4, 0.5) is 0 Å². The number of ether oxygens (including phenoxy) is 2. The summed E-state index contributed by atoms with van der Waals surface area (Å²) in [4.78, 5) is 16.6. The molecule has 1 saturated heterocycles. The molecule has 6 heteroatoms. The van der Waals surface area contributed by atoms with Crippen molar-refractivity contribution < 1.29 is 14.3 Å². The van der Waals surface area contributed by atoms with Crippen molar-refractivity contribution in [2.75, 3.05) is 39.4 Å². The Morgan fingerprint density at radius 1 is 1.00 bits per heavy atom. The van der Waals surface area contributed by atoms with E-state index < -0.39 is 0 Å². The van der Waals surface area contributed by atoms with Gasteiger partial charge in [-0.2, -0.15) is 5.26 Å². The summed E-state index contributed by atoms with van der Waals surface area (Å²) >= 11 is 0. The number of para-hydroxylation sites is 2. The van der Waals surface area contributed by atoms with E-state index in [-0.39, 0.29) is 11.9 Å². The van der Waals surface area contributed by atoms with Crippen molar-refractivity contribution in [2.45, 2.75) is 25.8 Å². The van der Waals surface area contributed by atoms with Gasteiger partial charge in [-0.05, 0) is 31.0 Å². The molecule has 0 aromatic heterocycles. The molecule has 0 aliphatic carbocycles. The van der Waals surface area contributed by atoms with Crippen LogP contribution in [-0.4, -0.2) is 55.1 Å². The quantitative estimate of drug-likeness (QED) is 0.594. The number of rotatable bonds is 9. The van der Waals surface area contributed by atoms with E-state index in [0.29, 0.717) is 58.0 Å². The lowest BCUT2D eigenvalue weighted by Gasteiger charge is -2.37. The Balaban J connectivity index is 1.41. The van der Waals surface area contributed by atoms with Crippen LogP contribution in [0.5, 0.6) is 11.5 Å². The van der Waals surface area contributed by atoms with Crippen molar-refractivity contribution in [1.82, 2.24) is 9.80 Å². The fourth-order valence-corrected chi connectivity index (χ4v) is 3.64. The van der Waals surface area contributed by atoms with Crippen LogP contribution in [0.3, 0.4) is 0 Å². The Morgan fingerprint density at radius 2 is 1.63 bits per heavy atom. The molecule has 1 fully saturated rings. The van der Waals surface area contributed by atoms with Crippen LogP contribution in [-0.2, 0) is 4.79 Å². The summed E-state index contributed by atoms with van der Waals surface area (Å²) in [6.07, 6.45) is 1.11. The fraction of sp³-hybridized carbons (Fsp3) is 0.417. The predicted octanol–water partition coefficient (Wildman–Crippen LogP) is 3.65. The van der Waals surface area contributed by atoms with Gasteiger partial charge < -0.3 is 14.4 Å². The molecular formula is C24H29N3O3. The van der Waals surface area contributed by atoms with Gasteiger partial charge in [0.05, 0.1) is 19.3 Å². The van der Waals surface area contributed by atoms with Crippen molar-refractivity contribution in [3.8, 4) is 17.6 Å². The maximum Gasteiger partial charge on any atom is 0.222 e. The Bertz CT molecular complexity index is 842. The molecule has 1 aliphatic rings. The first-order chi connectivity index (χ1) is 14.7. The minimum atomic E-state index is -0.262. The number of benzene rings is 2. The highest BCUT2D eigenvalue weighted by atomic mass is 16.5. The number of piperazine rings is 1. The van der Waals surface area contributed by atoms with Gasteiger partial charge in [0.1, 0.15) is 6.04 Å². The molecular weight excluding hydrogens is 378 g/mol. The Morgan fingerprint density at radius 3 is 2.27 bits per heavy atom. The molecule has 0 N–H and O–H groups in total. The monoisotopic (exact) mass is 407 g/mol. The van der Waals surface area contributed by atoms with Crippen molar-refractivity contribution in [3.05, 3.63) is 60.2 Å². The Hall–Kier alpha value is -3.04. The van der Waals surface area contributed by atoms with E-state index in [1.165, 1.54) is 0 Å². The lowest BCUT2D eigenvalue weighted by Crippen LogP contribution is -2.49. The van der Waals surface area contributed by atoms with Crippen LogP contribution in [0.2, 0.25) is 0 Å². The molecule has 1 amide bonds. The second-order valence-electron chi connectivity index (χ2n) is 7.19. The van der Waals surface area contributed by atoms with Gasteiger partial charge in [0.2, 0.25) is 5.91 Å². The fourth-order valence-electron chi connectivity index (χ4n) is 3.64. The highest BCUT2D eigenvalue weighted by molar-refractivity contribution is 5.76. The summed E-state index contributed by atoms with van der Waals surface area (Å²) in [5.41, 5.74) is 1.00. The summed E-state index contributed by atoms with van der Waals surface area (Å²) in [6.45, 7) is 5.71. The second-order valence-corrected chi connectivity index (χ2v) is 7.19. The van der Waals surface area contributed by atoms with Crippen molar-refractivity contribution in [3.63, 3.8) is 0 Å². The van der Waals surface area contributed by atoms with Gasteiger partial charge in [-0.1, -0.05) is 42.5 Å². The topological polar surface area (TPSA) is 65.8 Å². The second kappa shape index (κ2) is 11.2. The van der Waals surface area contributed by atoms with Crippen LogP contribution in [0, 0.1) is 11.3 Å². The average Bonchev–Trinajstić information content (AvgIpc) is 2.79. The van der Waals surface area contributed by atoms with Crippen LogP contribution in [0.25, 0.3) is 0 Å². The summed E-state index contributed by atoms with van der Waals surface area (Å²) < 4.78 is 11.4. The van der Waals surface area contributed by atoms with Gasteiger partial charge in [0, 0.05) is 32.6 Å². The lowest BCUT2D eigenvalue weighted by molar-refractivity contribution is -0.133. The number of hydrogen-bond acceptors (Lipinski definition) is 5. The molecule has 1 aliphatic heterocycles. The van der Waals surface area contributed by atoms with Gasteiger partial charge in [-0.15, -0.1) is 0 Å². The van der Waals surface area contributed by atoms with Gasteiger partial charge in [0.15, 0.2) is 11.5 Å². The molecule has 3 rings (SSSR count). The highest BCUT2D eigenvalue weighted by Gasteiger charge is 2.26. The summed E-state index contributed by atoms with van der Waals surface area (Å²) in [5.74, 6) is 1.58. The zero-order chi connectivity index (χ0) is 21.2. The van der Waals surface area contributed by atoms with E-state index in [1.54, 1.807) is 0 Å². The number of amides is 1. The predicted molar refractivity (Wildman–Crippen MR) is 115 cm³/mol. The molecule has 30 heavy (non-hydrogen) atoms. The molecule has 1 unspecified atom stereocenters. The first-order valence-corrected chi connectivity index (χ1v) is 10.5. The third kappa shape index (κ3) is 5.74. The molecule has 1 heterocycles.